The van der Waals surface area contributed by atoms with Gasteiger partial charge >= 0.3 is 0 Å². The molecule has 1 fully saturated rings. The summed E-state index contributed by atoms with van der Waals surface area (Å²) in [5.41, 5.74) is 2.25. The van der Waals surface area contributed by atoms with E-state index in [-0.39, 0.29) is 29.6 Å². The molecule has 1 N–H and O–H groups in total. The predicted octanol–water partition coefficient (Wildman–Crippen LogP) is 5.72. The van der Waals surface area contributed by atoms with Crippen LogP contribution in [0.1, 0.15) is 102 Å². The average Bonchev–Trinajstić information content (AvgIpc) is 3.48. The number of nitrogens with one attached hydrogen (secondary N) is 1. The van der Waals surface area contributed by atoms with Gasteiger partial charge in [0.2, 0.25) is 5.91 Å². The fraction of sp³-hybridized carbons (Fsp3) is 0.484. The van der Waals surface area contributed by atoms with E-state index in [0.29, 0.717) is 55.1 Å². The lowest BCUT2D eigenvalue weighted by Gasteiger charge is -2.38. The van der Waals surface area contributed by atoms with Crippen molar-refractivity contribution < 1.29 is 18.8 Å². The van der Waals surface area contributed by atoms with Crippen LogP contribution in [0.5, 0.6) is 0 Å². The lowest BCUT2D eigenvalue weighted by atomic mass is 9.96. The van der Waals surface area contributed by atoms with Crippen LogP contribution >= 0.6 is 0 Å². The van der Waals surface area contributed by atoms with E-state index in [9.17, 15) is 18.8 Å². The Bertz CT molecular complexity index is 1410. The van der Waals surface area contributed by atoms with E-state index < -0.39 is 0 Å². The normalized spacial score (nSPS) is 16.4. The van der Waals surface area contributed by atoms with E-state index in [2.05, 4.69) is 29.0 Å². The van der Waals surface area contributed by atoms with Crippen LogP contribution < -0.4 is 10.2 Å². The van der Waals surface area contributed by atoms with Gasteiger partial charge in [-0.15, -0.1) is 5.10 Å². The molecule has 5 rings (SSSR count). The Labute approximate surface area is 234 Å². The third kappa shape index (κ3) is 5.66. The van der Waals surface area contributed by atoms with Crippen molar-refractivity contribution in [2.75, 3.05) is 31.1 Å². The standard InChI is InChI=1S/C31H38FN5O3/c1-3-4-5-6-7-8-9-13-27(38)37-26-20-22(32)14-15-24(26)29(34-37)36-18-16-35(17-19-36)21(2)23-11-10-12-25-28(23)31(40)33-30(25)39/h10-12,14-15,20-21H,3-9,13,16-19H2,1-2H3,(H,33,39,40). The van der Waals surface area contributed by atoms with E-state index in [1.807, 2.05) is 12.1 Å². The molecule has 2 aliphatic heterocycles. The minimum atomic E-state index is -0.388. The second-order valence-corrected chi connectivity index (χ2v) is 10.9. The Hall–Kier alpha value is -3.59. The van der Waals surface area contributed by atoms with Crippen LogP contribution in [0.3, 0.4) is 0 Å². The zero-order valence-electron chi connectivity index (χ0n) is 23.4. The number of benzene rings is 2. The van der Waals surface area contributed by atoms with Crippen LogP contribution in [0.25, 0.3) is 10.9 Å². The highest BCUT2D eigenvalue weighted by Gasteiger charge is 2.33. The van der Waals surface area contributed by atoms with E-state index >= 15 is 0 Å². The molecule has 0 aliphatic carbocycles. The number of amides is 2. The van der Waals surface area contributed by atoms with Gasteiger partial charge in [0.25, 0.3) is 11.8 Å². The first-order chi connectivity index (χ1) is 19.4. The van der Waals surface area contributed by atoms with Gasteiger partial charge in [0.1, 0.15) is 5.82 Å². The van der Waals surface area contributed by atoms with Crippen LogP contribution in [0.15, 0.2) is 36.4 Å². The van der Waals surface area contributed by atoms with Crippen LogP contribution in [-0.2, 0) is 0 Å². The molecule has 3 heterocycles. The molecule has 1 aromatic heterocycles. The molecule has 2 aliphatic rings. The number of carbonyl (C=O) groups excluding carboxylic acids is 3. The molecule has 1 atom stereocenters. The Morgan fingerprint density at radius 2 is 1.70 bits per heavy atom. The molecule has 3 aromatic rings. The van der Waals surface area contributed by atoms with Gasteiger partial charge in [-0.05, 0) is 37.1 Å². The van der Waals surface area contributed by atoms with E-state index in [4.69, 9.17) is 5.10 Å². The summed E-state index contributed by atoms with van der Waals surface area (Å²) in [6.07, 6.45) is 8.25. The molecule has 0 bridgehead atoms. The number of unbranched alkanes of at least 4 members (excludes halogenated alkanes) is 6. The second kappa shape index (κ2) is 12.3. The number of halogens is 1. The van der Waals surface area contributed by atoms with Crippen molar-refractivity contribution in [1.29, 1.82) is 0 Å². The van der Waals surface area contributed by atoms with E-state index in [1.54, 1.807) is 12.1 Å². The molecule has 0 saturated carbocycles. The molecule has 1 unspecified atom stereocenters. The van der Waals surface area contributed by atoms with Crippen LogP contribution in [0.4, 0.5) is 10.2 Å². The number of carbonyl (C=O) groups is 3. The summed E-state index contributed by atoms with van der Waals surface area (Å²) < 4.78 is 15.6. The van der Waals surface area contributed by atoms with Gasteiger partial charge in [-0.3, -0.25) is 24.6 Å². The van der Waals surface area contributed by atoms with Crippen molar-refractivity contribution >= 4 is 34.4 Å². The van der Waals surface area contributed by atoms with Crippen molar-refractivity contribution in [2.45, 2.75) is 71.3 Å². The molecule has 1 saturated heterocycles. The highest BCUT2D eigenvalue weighted by molar-refractivity contribution is 6.22. The number of piperazine rings is 1. The quantitative estimate of drug-likeness (QED) is 0.244. The van der Waals surface area contributed by atoms with Gasteiger partial charge in [0.05, 0.1) is 16.6 Å². The number of nitrogens with zero attached hydrogens (tertiary/aromatic N) is 4. The molecular weight excluding hydrogens is 509 g/mol. The maximum Gasteiger partial charge on any atom is 0.259 e. The van der Waals surface area contributed by atoms with Crippen molar-refractivity contribution in [3.05, 3.63) is 58.9 Å². The first kappa shape index (κ1) is 28.0. The number of rotatable bonds is 11. The van der Waals surface area contributed by atoms with Gasteiger partial charge in [-0.1, -0.05) is 57.6 Å². The first-order valence-electron chi connectivity index (χ1n) is 14.6. The fourth-order valence-electron chi connectivity index (χ4n) is 5.95. The predicted molar refractivity (Wildman–Crippen MR) is 153 cm³/mol. The summed E-state index contributed by atoms with van der Waals surface area (Å²) in [6, 6.07) is 9.88. The molecule has 9 heteroatoms. The van der Waals surface area contributed by atoms with E-state index in [1.165, 1.54) is 42.5 Å². The van der Waals surface area contributed by atoms with Crippen molar-refractivity contribution in [1.82, 2.24) is 20.0 Å². The smallest absolute Gasteiger partial charge is 0.259 e. The van der Waals surface area contributed by atoms with Crippen LogP contribution in [0, 0.1) is 5.82 Å². The Morgan fingerprint density at radius 3 is 2.45 bits per heavy atom. The molecule has 0 spiro atoms. The molecule has 40 heavy (non-hydrogen) atoms. The summed E-state index contributed by atoms with van der Waals surface area (Å²) in [4.78, 5) is 42.1. The monoisotopic (exact) mass is 547 g/mol. The van der Waals surface area contributed by atoms with Gasteiger partial charge < -0.3 is 4.90 Å². The topological polar surface area (TPSA) is 87.5 Å². The molecule has 2 amide bonds. The van der Waals surface area contributed by atoms with Crippen LogP contribution in [-0.4, -0.2) is 58.6 Å². The van der Waals surface area contributed by atoms with Crippen molar-refractivity contribution in [3.8, 4) is 0 Å². The van der Waals surface area contributed by atoms with Gasteiger partial charge in [-0.2, -0.15) is 4.68 Å². The zero-order chi connectivity index (χ0) is 28.2. The Kier molecular flexibility index (Phi) is 8.59. The minimum Gasteiger partial charge on any atom is -0.352 e. The molecule has 8 nitrogen and oxygen atoms in total. The first-order valence-corrected chi connectivity index (χ1v) is 14.6. The molecule has 0 radical (unpaired) electrons. The average molecular weight is 548 g/mol. The number of imide groups is 1. The summed E-state index contributed by atoms with van der Waals surface area (Å²) in [5.74, 6) is -0.486. The third-order valence-electron chi connectivity index (χ3n) is 8.26. The molecule has 2 aromatic carbocycles. The fourth-order valence-corrected chi connectivity index (χ4v) is 5.95. The maximum absolute atomic E-state index is 14.2. The highest BCUT2D eigenvalue weighted by atomic mass is 19.1. The van der Waals surface area contributed by atoms with E-state index in [0.717, 1.165) is 30.2 Å². The summed E-state index contributed by atoms with van der Waals surface area (Å²) in [6.45, 7) is 7.01. The lowest BCUT2D eigenvalue weighted by molar-refractivity contribution is 0.0870. The summed E-state index contributed by atoms with van der Waals surface area (Å²) in [5, 5.41) is 7.87. The van der Waals surface area contributed by atoms with Gasteiger partial charge in [0.15, 0.2) is 5.82 Å². The number of fused-ring (bicyclic) bond motifs is 2. The number of aromatic nitrogens is 2. The van der Waals surface area contributed by atoms with Gasteiger partial charge in [-0.25, -0.2) is 4.39 Å². The largest absolute Gasteiger partial charge is 0.352 e. The second-order valence-electron chi connectivity index (χ2n) is 10.9. The van der Waals surface area contributed by atoms with Crippen molar-refractivity contribution in [3.63, 3.8) is 0 Å². The minimum absolute atomic E-state index is 0.0549. The van der Waals surface area contributed by atoms with Gasteiger partial charge in [0, 0.05) is 50.1 Å². The number of hydrogen-bond acceptors (Lipinski definition) is 6. The Balaban J connectivity index is 1.26. The summed E-state index contributed by atoms with van der Waals surface area (Å²) >= 11 is 0. The lowest BCUT2D eigenvalue weighted by Crippen LogP contribution is -2.47. The van der Waals surface area contributed by atoms with Crippen molar-refractivity contribution in [2.24, 2.45) is 0 Å². The number of anilines is 1. The third-order valence-corrected chi connectivity index (χ3v) is 8.26. The summed E-state index contributed by atoms with van der Waals surface area (Å²) in [7, 11) is 0. The highest BCUT2D eigenvalue weighted by Crippen LogP contribution is 2.32. The SMILES string of the molecule is CCCCCCCCCC(=O)n1nc(N2CCN(C(C)c3cccc4c3C(=O)NC4=O)CC2)c2ccc(F)cc21. The molecule has 212 valence electrons. The zero-order valence-corrected chi connectivity index (χ0v) is 23.4. The number of hydrogen-bond donors (Lipinski definition) is 1. The Morgan fingerprint density at radius 1 is 0.975 bits per heavy atom. The van der Waals surface area contributed by atoms with Crippen LogP contribution in [0.2, 0.25) is 0 Å². The molecular formula is C31H38FN5O3. The maximum atomic E-state index is 14.2.